The van der Waals surface area contributed by atoms with Crippen LogP contribution in [0, 0.1) is 12.8 Å². The minimum atomic E-state index is -4.45. The van der Waals surface area contributed by atoms with Gasteiger partial charge in [0.15, 0.2) is 0 Å². The molecular weight excluding hydrogens is 475 g/mol. The second-order valence-electron chi connectivity index (χ2n) is 8.76. The minimum absolute atomic E-state index is 0.138. The average molecular weight is 504 g/mol. The van der Waals surface area contributed by atoms with E-state index in [1.807, 2.05) is 40.1 Å². The van der Waals surface area contributed by atoms with Crippen LogP contribution in [0.25, 0.3) is 0 Å². The van der Waals surface area contributed by atoms with Crippen LogP contribution in [-0.2, 0) is 6.18 Å². The number of pyridine rings is 1. The molecule has 2 aromatic rings. The number of likely N-dealkylation sites (N-methyl/N-ethyl adjacent to an activating group) is 2. The van der Waals surface area contributed by atoms with Crippen molar-refractivity contribution in [3.63, 3.8) is 0 Å². The Balaban J connectivity index is 1.65. The van der Waals surface area contributed by atoms with Crippen LogP contribution in [0.2, 0.25) is 0 Å². The molecule has 0 saturated heterocycles. The Bertz CT molecular complexity index is 1190. The Hall–Kier alpha value is -3.05. The number of thiocarbonyl (C=S) groups is 1. The molecule has 7 nitrogen and oxygen atoms in total. The van der Waals surface area contributed by atoms with Gasteiger partial charge in [0, 0.05) is 43.7 Å². The Morgan fingerprint density at radius 1 is 1.23 bits per heavy atom. The van der Waals surface area contributed by atoms with Gasteiger partial charge in [-0.15, -0.1) is 0 Å². The highest BCUT2D eigenvalue weighted by molar-refractivity contribution is 7.80. The number of rotatable bonds is 5. The fourth-order valence-corrected chi connectivity index (χ4v) is 4.47. The molecule has 0 amide bonds. The number of benzene rings is 1. The molecule has 2 aliphatic rings. The summed E-state index contributed by atoms with van der Waals surface area (Å²) in [6, 6.07) is 7.32. The second kappa shape index (κ2) is 9.90. The Morgan fingerprint density at radius 3 is 2.69 bits per heavy atom. The maximum Gasteiger partial charge on any atom is 0.416 e. The lowest BCUT2D eigenvalue weighted by molar-refractivity contribution is -0.137. The third kappa shape index (κ3) is 5.46. The molecule has 0 spiro atoms. The van der Waals surface area contributed by atoms with Gasteiger partial charge in [0.1, 0.15) is 5.82 Å². The SMILES string of the molecule is CNCCN(C)c1ccc(NC2=NC(C)C3CC(=S)Nc4cc(C(F)(F)F)ccc4C3=N2)c(C)n1. The molecule has 186 valence electrons. The van der Waals surface area contributed by atoms with Gasteiger partial charge in [-0.1, -0.05) is 18.3 Å². The highest BCUT2D eigenvalue weighted by Gasteiger charge is 2.36. The molecule has 0 fully saturated rings. The number of aromatic nitrogens is 1. The number of nitrogens with zero attached hydrogens (tertiary/aromatic N) is 4. The number of halogens is 3. The molecule has 11 heteroatoms. The highest BCUT2D eigenvalue weighted by Crippen LogP contribution is 2.36. The smallest absolute Gasteiger partial charge is 0.358 e. The molecule has 1 aromatic heterocycles. The standard InChI is InChI=1S/C24H28F3N7S/c1-13-17-12-21(35)31-19-11-15(24(25,26)27)5-6-16(19)22(17)33-23(30-13)32-18-7-8-20(29-14(18)2)34(4)10-9-28-3/h5-8,11,13,17,28H,9-10,12H2,1-4H3,(H,30,32)(H,31,35). The zero-order valence-electron chi connectivity index (χ0n) is 20.0. The van der Waals surface area contributed by atoms with Crippen LogP contribution in [0.15, 0.2) is 40.3 Å². The van der Waals surface area contributed by atoms with Crippen molar-refractivity contribution in [2.45, 2.75) is 32.5 Å². The monoisotopic (exact) mass is 503 g/mol. The van der Waals surface area contributed by atoms with E-state index in [1.54, 1.807) is 0 Å². The van der Waals surface area contributed by atoms with Crippen molar-refractivity contribution in [2.75, 3.05) is 42.7 Å². The molecule has 3 heterocycles. The molecule has 35 heavy (non-hydrogen) atoms. The largest absolute Gasteiger partial charge is 0.416 e. The number of hydrogen-bond acceptors (Lipinski definition) is 7. The van der Waals surface area contributed by atoms with Crippen LogP contribution < -0.4 is 20.9 Å². The summed E-state index contributed by atoms with van der Waals surface area (Å²) in [4.78, 5) is 16.7. The summed E-state index contributed by atoms with van der Waals surface area (Å²) in [7, 11) is 3.89. The first kappa shape index (κ1) is 25.1. The molecule has 1 aromatic carbocycles. The molecule has 3 N–H and O–H groups in total. The number of nitrogens with one attached hydrogen (secondary N) is 3. The fourth-order valence-electron chi connectivity index (χ4n) is 4.18. The molecular formula is C24H28F3N7S. The molecule has 0 radical (unpaired) electrons. The van der Waals surface area contributed by atoms with Crippen molar-refractivity contribution in [1.82, 2.24) is 10.3 Å². The van der Waals surface area contributed by atoms with Crippen molar-refractivity contribution in [2.24, 2.45) is 15.9 Å². The van der Waals surface area contributed by atoms with Gasteiger partial charge in [-0.25, -0.2) is 15.0 Å². The van der Waals surface area contributed by atoms with E-state index in [-0.39, 0.29) is 12.0 Å². The summed E-state index contributed by atoms with van der Waals surface area (Å²) < 4.78 is 39.9. The fraction of sp³-hybridized carbons (Fsp3) is 0.417. The van der Waals surface area contributed by atoms with Crippen LogP contribution in [0.4, 0.5) is 30.4 Å². The molecule has 2 atom stereocenters. The van der Waals surface area contributed by atoms with Gasteiger partial charge in [-0.2, -0.15) is 13.2 Å². The molecule has 4 rings (SSSR count). The van der Waals surface area contributed by atoms with Crippen LogP contribution in [-0.4, -0.2) is 54.9 Å². The lowest BCUT2D eigenvalue weighted by Crippen LogP contribution is -2.34. The third-order valence-electron chi connectivity index (χ3n) is 6.19. The summed E-state index contributed by atoms with van der Waals surface area (Å²) in [5, 5.41) is 9.35. The van der Waals surface area contributed by atoms with Gasteiger partial charge < -0.3 is 20.9 Å². The van der Waals surface area contributed by atoms with Crippen molar-refractivity contribution in [1.29, 1.82) is 0 Å². The van der Waals surface area contributed by atoms with Crippen molar-refractivity contribution in [3.05, 3.63) is 47.2 Å². The van der Waals surface area contributed by atoms with Gasteiger partial charge in [0.2, 0.25) is 5.96 Å². The van der Waals surface area contributed by atoms with E-state index >= 15 is 0 Å². The van der Waals surface area contributed by atoms with E-state index in [0.29, 0.717) is 34.3 Å². The third-order valence-corrected chi connectivity index (χ3v) is 6.46. The second-order valence-corrected chi connectivity index (χ2v) is 9.25. The summed E-state index contributed by atoms with van der Waals surface area (Å²) in [5.41, 5.74) is 2.39. The van der Waals surface area contributed by atoms with E-state index in [0.717, 1.165) is 42.4 Å². The maximum atomic E-state index is 13.3. The topological polar surface area (TPSA) is 76.9 Å². The molecule has 2 aliphatic heterocycles. The molecule has 0 bridgehead atoms. The van der Waals surface area contributed by atoms with E-state index < -0.39 is 11.7 Å². The number of anilines is 3. The first-order chi connectivity index (χ1) is 16.6. The quantitative estimate of drug-likeness (QED) is 0.523. The van der Waals surface area contributed by atoms with E-state index in [9.17, 15) is 13.2 Å². The van der Waals surface area contributed by atoms with E-state index in [2.05, 4.69) is 25.8 Å². The van der Waals surface area contributed by atoms with E-state index in [4.69, 9.17) is 22.2 Å². The van der Waals surface area contributed by atoms with Crippen molar-refractivity contribution >= 4 is 46.1 Å². The predicted molar refractivity (Wildman–Crippen MR) is 139 cm³/mol. The lowest BCUT2D eigenvalue weighted by atomic mass is 9.87. The van der Waals surface area contributed by atoms with Gasteiger partial charge in [-0.3, -0.25) is 0 Å². The Morgan fingerprint density at radius 2 is 2.00 bits per heavy atom. The number of guanidine groups is 1. The summed E-state index contributed by atoms with van der Waals surface area (Å²) in [6.45, 7) is 5.53. The number of fused-ring (bicyclic) bond motifs is 3. The number of aliphatic imine (C=N–C) groups is 2. The zero-order valence-corrected chi connectivity index (χ0v) is 20.8. The minimum Gasteiger partial charge on any atom is -0.358 e. The Labute approximate surface area is 207 Å². The molecule has 0 saturated carbocycles. The van der Waals surface area contributed by atoms with Crippen LogP contribution >= 0.6 is 12.2 Å². The van der Waals surface area contributed by atoms with Crippen LogP contribution in [0.3, 0.4) is 0 Å². The summed E-state index contributed by atoms with van der Waals surface area (Å²) in [5.74, 6) is 1.11. The number of aryl methyl sites for hydroxylation is 1. The van der Waals surface area contributed by atoms with E-state index in [1.165, 1.54) is 6.07 Å². The van der Waals surface area contributed by atoms with Crippen LogP contribution in [0.5, 0.6) is 0 Å². The lowest BCUT2D eigenvalue weighted by Gasteiger charge is -2.27. The predicted octanol–water partition coefficient (Wildman–Crippen LogP) is 4.48. The maximum absolute atomic E-state index is 13.3. The summed E-state index contributed by atoms with van der Waals surface area (Å²) in [6.07, 6.45) is -3.99. The summed E-state index contributed by atoms with van der Waals surface area (Å²) >= 11 is 5.41. The first-order valence-electron chi connectivity index (χ1n) is 11.3. The normalized spacial score (nSPS) is 19.6. The molecule has 0 aliphatic carbocycles. The van der Waals surface area contributed by atoms with Crippen molar-refractivity contribution in [3.8, 4) is 0 Å². The Kier molecular flexibility index (Phi) is 7.09. The average Bonchev–Trinajstić information content (AvgIpc) is 2.93. The zero-order chi connectivity index (χ0) is 25.3. The first-order valence-corrected chi connectivity index (χ1v) is 11.8. The highest BCUT2D eigenvalue weighted by atomic mass is 32.1. The number of alkyl halides is 3. The number of hydrogen-bond donors (Lipinski definition) is 3. The van der Waals surface area contributed by atoms with Crippen molar-refractivity contribution < 1.29 is 13.2 Å². The van der Waals surface area contributed by atoms with Gasteiger partial charge in [0.05, 0.1) is 33.7 Å². The van der Waals surface area contributed by atoms with Gasteiger partial charge in [-0.05, 0) is 45.2 Å². The van der Waals surface area contributed by atoms with Crippen LogP contribution in [0.1, 0.15) is 30.2 Å². The van der Waals surface area contributed by atoms with Gasteiger partial charge >= 0.3 is 6.18 Å². The molecule has 2 unspecified atom stereocenters. The van der Waals surface area contributed by atoms with Gasteiger partial charge in [0.25, 0.3) is 0 Å².